The molecule has 1 atom stereocenters. The van der Waals surface area contributed by atoms with E-state index in [2.05, 4.69) is 10.6 Å². The fourth-order valence-corrected chi connectivity index (χ4v) is 2.53. The highest BCUT2D eigenvalue weighted by atomic mass is 16.5. The molecule has 1 heterocycles. The van der Waals surface area contributed by atoms with Crippen molar-refractivity contribution < 1.29 is 19.1 Å². The van der Waals surface area contributed by atoms with Gasteiger partial charge in [0.05, 0.1) is 12.7 Å². The average Bonchev–Trinajstić information content (AvgIpc) is 3.12. The van der Waals surface area contributed by atoms with E-state index in [1.54, 1.807) is 12.1 Å². The summed E-state index contributed by atoms with van der Waals surface area (Å²) in [6, 6.07) is 7.28. The molecule has 6 heteroatoms. The molecule has 24 heavy (non-hydrogen) atoms. The maximum absolute atomic E-state index is 12.2. The molecular weight excluding hydrogens is 308 g/mol. The quantitative estimate of drug-likeness (QED) is 0.673. The lowest BCUT2D eigenvalue weighted by Crippen LogP contribution is -2.31. The molecule has 0 bridgehead atoms. The van der Waals surface area contributed by atoms with Gasteiger partial charge in [-0.1, -0.05) is 12.1 Å². The summed E-state index contributed by atoms with van der Waals surface area (Å²) in [7, 11) is 0. The predicted octanol–water partition coefficient (Wildman–Crippen LogP) is 1.64. The van der Waals surface area contributed by atoms with Gasteiger partial charge in [0.1, 0.15) is 0 Å². The van der Waals surface area contributed by atoms with Crippen LogP contribution in [-0.2, 0) is 20.8 Å². The first-order chi connectivity index (χ1) is 11.7. The van der Waals surface area contributed by atoms with Crippen LogP contribution >= 0.6 is 0 Å². The van der Waals surface area contributed by atoms with Crippen LogP contribution in [0.3, 0.4) is 0 Å². The Hall–Kier alpha value is -1.92. The molecule has 1 unspecified atom stereocenters. The van der Waals surface area contributed by atoms with Crippen molar-refractivity contribution in [2.24, 2.45) is 0 Å². The molecule has 1 aliphatic heterocycles. The second-order valence-electron chi connectivity index (χ2n) is 5.77. The van der Waals surface area contributed by atoms with E-state index in [-0.39, 0.29) is 17.9 Å². The van der Waals surface area contributed by atoms with Crippen LogP contribution in [0.2, 0.25) is 0 Å². The molecule has 2 N–H and O–H groups in total. The Morgan fingerprint density at radius 1 is 1.33 bits per heavy atom. The number of rotatable bonds is 9. The van der Waals surface area contributed by atoms with Gasteiger partial charge in [0, 0.05) is 38.3 Å². The Kier molecular flexibility index (Phi) is 7.71. The minimum absolute atomic E-state index is 0.0586. The van der Waals surface area contributed by atoms with Gasteiger partial charge in [-0.2, -0.15) is 0 Å². The lowest BCUT2D eigenvalue weighted by atomic mass is 10.1. The Balaban J connectivity index is 1.77. The van der Waals surface area contributed by atoms with Crippen LogP contribution in [0, 0.1) is 0 Å². The van der Waals surface area contributed by atoms with Crippen LogP contribution in [0.1, 0.15) is 42.1 Å². The third kappa shape index (κ3) is 6.29. The van der Waals surface area contributed by atoms with Crippen LogP contribution in [0.25, 0.3) is 0 Å². The number of amides is 2. The van der Waals surface area contributed by atoms with Crippen LogP contribution in [-0.4, -0.2) is 44.3 Å². The number of carbonyl (C=O) groups excluding carboxylic acids is 2. The Labute approximate surface area is 142 Å². The van der Waals surface area contributed by atoms with Gasteiger partial charge in [-0.25, -0.2) is 0 Å². The molecule has 0 aromatic heterocycles. The van der Waals surface area contributed by atoms with Gasteiger partial charge in [0.25, 0.3) is 5.91 Å². The van der Waals surface area contributed by atoms with E-state index in [0.717, 1.165) is 25.0 Å². The van der Waals surface area contributed by atoms with Crippen molar-refractivity contribution in [3.63, 3.8) is 0 Å². The zero-order valence-electron chi connectivity index (χ0n) is 14.2. The van der Waals surface area contributed by atoms with Crippen molar-refractivity contribution in [1.29, 1.82) is 0 Å². The van der Waals surface area contributed by atoms with E-state index in [9.17, 15) is 9.59 Å². The largest absolute Gasteiger partial charge is 0.381 e. The molecule has 0 saturated carbocycles. The summed E-state index contributed by atoms with van der Waals surface area (Å²) in [4.78, 5) is 23.9. The number of carbonyl (C=O) groups is 2. The van der Waals surface area contributed by atoms with E-state index >= 15 is 0 Å². The lowest BCUT2D eigenvalue weighted by molar-refractivity contribution is -0.122. The third-order valence-corrected chi connectivity index (χ3v) is 3.87. The highest BCUT2D eigenvalue weighted by Crippen LogP contribution is 2.11. The molecule has 132 valence electrons. The summed E-state index contributed by atoms with van der Waals surface area (Å²) in [6.07, 6.45) is 2.52. The van der Waals surface area contributed by atoms with Crippen molar-refractivity contribution in [2.75, 3.05) is 26.4 Å². The number of hydrogen-bond acceptors (Lipinski definition) is 4. The molecule has 1 aliphatic rings. The Morgan fingerprint density at radius 3 is 2.96 bits per heavy atom. The van der Waals surface area contributed by atoms with Crippen molar-refractivity contribution in [3.8, 4) is 0 Å². The van der Waals surface area contributed by atoms with Gasteiger partial charge >= 0.3 is 0 Å². The van der Waals surface area contributed by atoms with Gasteiger partial charge in [0.15, 0.2) is 0 Å². The summed E-state index contributed by atoms with van der Waals surface area (Å²) in [5.41, 5.74) is 1.48. The zero-order valence-corrected chi connectivity index (χ0v) is 14.2. The van der Waals surface area contributed by atoms with Gasteiger partial charge in [-0.05, 0) is 37.5 Å². The molecule has 0 radical (unpaired) electrons. The molecular formula is C18H26N2O4. The molecule has 1 aromatic rings. The van der Waals surface area contributed by atoms with Crippen LogP contribution in [0.4, 0.5) is 0 Å². The van der Waals surface area contributed by atoms with Gasteiger partial charge < -0.3 is 20.1 Å². The standard InChI is InChI=1S/C18H26N2O4/c1-2-23-10-8-17(21)19-12-14-5-3-6-15(11-14)18(22)20-13-16-7-4-9-24-16/h3,5-6,11,16H,2,4,7-10,12-13H2,1H3,(H,19,21)(H,20,22). The highest BCUT2D eigenvalue weighted by Gasteiger charge is 2.16. The molecule has 2 rings (SSSR count). The second-order valence-corrected chi connectivity index (χ2v) is 5.77. The maximum Gasteiger partial charge on any atom is 0.251 e. The summed E-state index contributed by atoms with van der Waals surface area (Å²) in [6.45, 7) is 4.64. The summed E-state index contributed by atoms with van der Waals surface area (Å²) < 4.78 is 10.6. The zero-order chi connectivity index (χ0) is 17.2. The van der Waals surface area contributed by atoms with Crippen LogP contribution in [0.15, 0.2) is 24.3 Å². The molecule has 0 aliphatic carbocycles. The van der Waals surface area contributed by atoms with Gasteiger partial charge in [0.2, 0.25) is 5.91 Å². The van der Waals surface area contributed by atoms with Crippen LogP contribution in [0.5, 0.6) is 0 Å². The van der Waals surface area contributed by atoms with Gasteiger partial charge in [-0.3, -0.25) is 9.59 Å². The third-order valence-electron chi connectivity index (χ3n) is 3.87. The first kappa shape index (κ1) is 18.4. The van der Waals surface area contributed by atoms with Crippen LogP contribution < -0.4 is 10.6 Å². The van der Waals surface area contributed by atoms with Gasteiger partial charge in [-0.15, -0.1) is 0 Å². The first-order valence-electron chi connectivity index (χ1n) is 8.52. The number of ether oxygens (including phenoxy) is 2. The number of nitrogens with one attached hydrogen (secondary N) is 2. The lowest BCUT2D eigenvalue weighted by Gasteiger charge is -2.11. The normalized spacial score (nSPS) is 16.8. The predicted molar refractivity (Wildman–Crippen MR) is 90.7 cm³/mol. The fourth-order valence-electron chi connectivity index (χ4n) is 2.53. The fraction of sp³-hybridized carbons (Fsp3) is 0.556. The topological polar surface area (TPSA) is 76.7 Å². The minimum atomic E-state index is -0.116. The molecule has 2 amide bonds. The molecule has 1 aromatic carbocycles. The van der Waals surface area contributed by atoms with Crippen molar-refractivity contribution >= 4 is 11.8 Å². The number of hydrogen-bond donors (Lipinski definition) is 2. The first-order valence-corrected chi connectivity index (χ1v) is 8.52. The van der Waals surface area contributed by atoms with E-state index in [1.807, 2.05) is 19.1 Å². The van der Waals surface area contributed by atoms with E-state index in [0.29, 0.717) is 38.3 Å². The molecule has 6 nitrogen and oxygen atoms in total. The second kappa shape index (κ2) is 10.1. The van der Waals surface area contributed by atoms with Crippen molar-refractivity contribution in [2.45, 2.75) is 38.8 Å². The Bertz CT molecular complexity index is 542. The maximum atomic E-state index is 12.2. The number of benzene rings is 1. The van der Waals surface area contributed by atoms with Crippen molar-refractivity contribution in [1.82, 2.24) is 10.6 Å². The van der Waals surface area contributed by atoms with E-state index in [4.69, 9.17) is 9.47 Å². The summed E-state index contributed by atoms with van der Waals surface area (Å²) in [5, 5.41) is 5.73. The monoisotopic (exact) mass is 334 g/mol. The molecule has 1 saturated heterocycles. The minimum Gasteiger partial charge on any atom is -0.381 e. The van der Waals surface area contributed by atoms with E-state index in [1.165, 1.54) is 0 Å². The average molecular weight is 334 g/mol. The van der Waals surface area contributed by atoms with Crippen molar-refractivity contribution in [3.05, 3.63) is 35.4 Å². The summed E-state index contributed by atoms with van der Waals surface area (Å²) in [5.74, 6) is -0.174. The SMILES string of the molecule is CCOCCC(=O)NCc1cccc(C(=O)NCC2CCCO2)c1. The smallest absolute Gasteiger partial charge is 0.251 e. The van der Waals surface area contributed by atoms with E-state index < -0.39 is 0 Å². The summed E-state index contributed by atoms with van der Waals surface area (Å²) >= 11 is 0. The highest BCUT2D eigenvalue weighted by molar-refractivity contribution is 5.94. The Morgan fingerprint density at radius 2 is 2.21 bits per heavy atom. The molecule has 0 spiro atoms. The molecule has 1 fully saturated rings.